The summed E-state index contributed by atoms with van der Waals surface area (Å²) in [5.41, 5.74) is 8.82. The molecule has 0 saturated heterocycles. The van der Waals surface area contributed by atoms with Gasteiger partial charge in [0, 0.05) is 11.1 Å². The molecule has 0 aliphatic heterocycles. The number of nitrogens with two attached hydrogens (primary N) is 1. The molecule has 1 aromatic heterocycles. The van der Waals surface area contributed by atoms with Gasteiger partial charge in [0.05, 0.1) is 5.51 Å². The van der Waals surface area contributed by atoms with E-state index in [1.807, 2.05) is 11.7 Å². The number of aromatic nitrogens is 1. The lowest BCUT2D eigenvalue weighted by Crippen LogP contribution is -2.39. The van der Waals surface area contributed by atoms with Gasteiger partial charge in [-0.1, -0.05) is 20.8 Å². The van der Waals surface area contributed by atoms with Crippen LogP contribution in [-0.4, -0.2) is 11.5 Å². The van der Waals surface area contributed by atoms with E-state index in [2.05, 4.69) is 25.8 Å². The largest absolute Gasteiger partial charge is 0.330 e. The zero-order chi connectivity index (χ0) is 13.2. The van der Waals surface area contributed by atoms with E-state index in [0.29, 0.717) is 10.8 Å². The van der Waals surface area contributed by atoms with Gasteiger partial charge in [0.2, 0.25) is 0 Å². The Bertz CT molecular complexity index is 356. The van der Waals surface area contributed by atoms with Gasteiger partial charge in [-0.25, -0.2) is 0 Å². The first-order valence-electron chi connectivity index (χ1n) is 7.03. The van der Waals surface area contributed by atoms with E-state index in [9.17, 15) is 0 Å². The molecule has 1 aromatic rings. The van der Waals surface area contributed by atoms with Crippen LogP contribution in [0.4, 0.5) is 0 Å². The third-order valence-electron chi connectivity index (χ3n) is 4.74. The quantitative estimate of drug-likeness (QED) is 0.902. The molecular weight excluding hydrogens is 240 g/mol. The van der Waals surface area contributed by atoms with Crippen LogP contribution in [0.25, 0.3) is 0 Å². The second-order valence-electron chi connectivity index (χ2n) is 6.99. The fourth-order valence-electron chi connectivity index (χ4n) is 3.25. The van der Waals surface area contributed by atoms with Crippen LogP contribution < -0.4 is 5.73 Å². The van der Waals surface area contributed by atoms with Crippen molar-refractivity contribution < 1.29 is 0 Å². The summed E-state index contributed by atoms with van der Waals surface area (Å²) in [6, 6.07) is 0. The van der Waals surface area contributed by atoms with E-state index in [4.69, 9.17) is 5.73 Å². The Morgan fingerprint density at radius 2 is 2.06 bits per heavy atom. The van der Waals surface area contributed by atoms with Crippen LogP contribution in [0.2, 0.25) is 0 Å². The first-order chi connectivity index (χ1) is 8.45. The van der Waals surface area contributed by atoms with Crippen molar-refractivity contribution in [3.8, 4) is 0 Å². The van der Waals surface area contributed by atoms with Crippen LogP contribution in [0, 0.1) is 16.7 Å². The van der Waals surface area contributed by atoms with E-state index in [0.717, 1.165) is 18.9 Å². The summed E-state index contributed by atoms with van der Waals surface area (Å²) in [4.78, 5) is 5.58. The summed E-state index contributed by atoms with van der Waals surface area (Å²) in [5.74, 6) is 0.860. The van der Waals surface area contributed by atoms with Crippen molar-refractivity contribution in [2.24, 2.45) is 22.5 Å². The SMILES string of the molecule is CC(C)(C)C1CCC(CN)(Cc2cncs2)CC1. The molecule has 0 radical (unpaired) electrons. The lowest BCUT2D eigenvalue weighted by molar-refractivity contribution is 0.0931. The Labute approximate surface area is 115 Å². The monoisotopic (exact) mass is 266 g/mol. The molecule has 1 fully saturated rings. The molecule has 2 rings (SSSR count). The van der Waals surface area contributed by atoms with Crippen molar-refractivity contribution in [1.29, 1.82) is 0 Å². The van der Waals surface area contributed by atoms with Gasteiger partial charge in [-0.15, -0.1) is 11.3 Å². The van der Waals surface area contributed by atoms with Crippen molar-refractivity contribution in [3.05, 3.63) is 16.6 Å². The van der Waals surface area contributed by atoms with Crippen LogP contribution in [0.15, 0.2) is 11.7 Å². The summed E-state index contributed by atoms with van der Waals surface area (Å²) in [6.07, 6.45) is 8.37. The fourth-order valence-corrected chi connectivity index (χ4v) is 4.02. The number of thiazole rings is 1. The highest BCUT2D eigenvalue weighted by molar-refractivity contribution is 7.09. The van der Waals surface area contributed by atoms with Gasteiger partial charge in [-0.2, -0.15) is 0 Å². The van der Waals surface area contributed by atoms with E-state index < -0.39 is 0 Å². The molecule has 102 valence electrons. The summed E-state index contributed by atoms with van der Waals surface area (Å²) < 4.78 is 0. The molecule has 0 bridgehead atoms. The maximum atomic E-state index is 6.09. The smallest absolute Gasteiger partial charge is 0.0794 e. The predicted molar refractivity (Wildman–Crippen MR) is 78.7 cm³/mol. The summed E-state index contributed by atoms with van der Waals surface area (Å²) in [7, 11) is 0. The zero-order valence-corrected chi connectivity index (χ0v) is 12.7. The molecule has 2 N–H and O–H groups in total. The first-order valence-corrected chi connectivity index (χ1v) is 7.91. The van der Waals surface area contributed by atoms with Crippen molar-refractivity contribution in [1.82, 2.24) is 4.98 Å². The van der Waals surface area contributed by atoms with Crippen molar-refractivity contribution >= 4 is 11.3 Å². The van der Waals surface area contributed by atoms with E-state index >= 15 is 0 Å². The molecule has 3 heteroatoms. The third-order valence-corrected chi connectivity index (χ3v) is 5.52. The Balaban J connectivity index is 2.00. The highest BCUT2D eigenvalue weighted by Gasteiger charge is 2.38. The average molecular weight is 266 g/mol. The van der Waals surface area contributed by atoms with Gasteiger partial charge < -0.3 is 5.73 Å². The van der Waals surface area contributed by atoms with Gasteiger partial charge in [0.25, 0.3) is 0 Å². The van der Waals surface area contributed by atoms with Gasteiger partial charge in [0.15, 0.2) is 0 Å². The van der Waals surface area contributed by atoms with E-state index in [1.165, 1.54) is 30.6 Å². The summed E-state index contributed by atoms with van der Waals surface area (Å²) in [6.45, 7) is 7.94. The molecule has 0 aromatic carbocycles. The van der Waals surface area contributed by atoms with Gasteiger partial charge in [-0.3, -0.25) is 4.98 Å². The molecule has 0 unspecified atom stereocenters. The third kappa shape index (κ3) is 3.12. The summed E-state index contributed by atoms with van der Waals surface area (Å²) in [5, 5.41) is 0. The highest BCUT2D eigenvalue weighted by atomic mass is 32.1. The predicted octanol–water partition coefficient (Wildman–Crippen LogP) is 3.87. The van der Waals surface area contributed by atoms with Crippen LogP contribution in [0.3, 0.4) is 0 Å². The maximum Gasteiger partial charge on any atom is 0.0794 e. The molecule has 18 heavy (non-hydrogen) atoms. The van der Waals surface area contributed by atoms with Crippen molar-refractivity contribution in [2.45, 2.75) is 52.9 Å². The van der Waals surface area contributed by atoms with Gasteiger partial charge in [-0.05, 0) is 55.4 Å². The molecule has 2 nitrogen and oxygen atoms in total. The van der Waals surface area contributed by atoms with Gasteiger partial charge >= 0.3 is 0 Å². The Kier molecular flexibility index (Phi) is 4.12. The molecule has 1 saturated carbocycles. The molecular formula is C15H26N2S. The minimum atomic E-state index is 0.342. The highest BCUT2D eigenvalue weighted by Crippen LogP contribution is 2.46. The molecule has 0 atom stereocenters. The topological polar surface area (TPSA) is 38.9 Å². The van der Waals surface area contributed by atoms with Crippen LogP contribution in [0.5, 0.6) is 0 Å². The Hall–Kier alpha value is -0.410. The second kappa shape index (κ2) is 5.30. The zero-order valence-electron chi connectivity index (χ0n) is 11.9. The Morgan fingerprint density at radius 3 is 2.50 bits per heavy atom. The minimum Gasteiger partial charge on any atom is -0.330 e. The minimum absolute atomic E-state index is 0.342. The average Bonchev–Trinajstić information content (AvgIpc) is 2.81. The molecule has 0 spiro atoms. The molecule has 1 heterocycles. The first kappa shape index (κ1) is 14.0. The maximum absolute atomic E-state index is 6.09. The van der Waals surface area contributed by atoms with Crippen molar-refractivity contribution in [3.63, 3.8) is 0 Å². The fraction of sp³-hybridized carbons (Fsp3) is 0.800. The molecule has 0 amide bonds. The lowest BCUT2D eigenvalue weighted by Gasteiger charge is -2.43. The van der Waals surface area contributed by atoms with Gasteiger partial charge in [0.1, 0.15) is 0 Å². The van der Waals surface area contributed by atoms with E-state index in [-0.39, 0.29) is 0 Å². The second-order valence-corrected chi connectivity index (χ2v) is 7.96. The standard InChI is InChI=1S/C15H26N2S/c1-14(2,3)12-4-6-15(10-16,7-5-12)8-13-9-17-11-18-13/h9,11-12H,4-8,10,16H2,1-3H3. The lowest BCUT2D eigenvalue weighted by atomic mass is 9.63. The molecule has 1 aliphatic carbocycles. The summed E-state index contributed by atoms with van der Waals surface area (Å²) >= 11 is 1.77. The van der Waals surface area contributed by atoms with E-state index in [1.54, 1.807) is 11.3 Å². The number of hydrogen-bond acceptors (Lipinski definition) is 3. The van der Waals surface area contributed by atoms with Crippen molar-refractivity contribution in [2.75, 3.05) is 6.54 Å². The van der Waals surface area contributed by atoms with Crippen LogP contribution in [0.1, 0.15) is 51.3 Å². The number of nitrogens with zero attached hydrogens (tertiary/aromatic N) is 1. The number of hydrogen-bond donors (Lipinski definition) is 1. The van der Waals surface area contributed by atoms with Crippen LogP contribution >= 0.6 is 11.3 Å². The normalized spacial score (nSPS) is 29.4. The van der Waals surface area contributed by atoms with Crippen LogP contribution in [-0.2, 0) is 6.42 Å². The molecule has 1 aliphatic rings. The number of rotatable bonds is 3. The Morgan fingerprint density at radius 1 is 1.39 bits per heavy atom.